The Balaban J connectivity index is 1.32. The maximum absolute atomic E-state index is 12.7. The summed E-state index contributed by atoms with van der Waals surface area (Å²) in [7, 11) is 0. The number of hydrogen-bond acceptors (Lipinski definition) is 3. The van der Waals surface area contributed by atoms with Crippen LogP contribution in [-0.2, 0) is 22.6 Å². The minimum absolute atomic E-state index is 0.136. The lowest BCUT2D eigenvalue weighted by atomic mass is 10.0. The van der Waals surface area contributed by atoms with Crippen molar-refractivity contribution in [1.82, 2.24) is 10.2 Å². The van der Waals surface area contributed by atoms with Crippen molar-refractivity contribution in [1.29, 1.82) is 0 Å². The third-order valence-corrected chi connectivity index (χ3v) is 6.28. The van der Waals surface area contributed by atoms with Gasteiger partial charge in [0.05, 0.1) is 6.54 Å². The molecule has 1 aromatic carbocycles. The molecule has 0 spiro atoms. The van der Waals surface area contributed by atoms with E-state index in [1.807, 2.05) is 17.0 Å². The molecule has 0 aromatic heterocycles. The van der Waals surface area contributed by atoms with Gasteiger partial charge in [0.1, 0.15) is 12.4 Å². The number of fused-ring (bicyclic) bond motifs is 1. The van der Waals surface area contributed by atoms with E-state index in [1.54, 1.807) is 0 Å². The number of carbonyl (C=O) groups excluding carboxylic acids is 2. The van der Waals surface area contributed by atoms with Crippen LogP contribution < -0.4 is 10.1 Å². The topological polar surface area (TPSA) is 58.6 Å². The van der Waals surface area contributed by atoms with Gasteiger partial charge in [-0.25, -0.2) is 0 Å². The summed E-state index contributed by atoms with van der Waals surface area (Å²) in [4.78, 5) is 26.6. The highest BCUT2D eigenvalue weighted by Gasteiger charge is 2.24. The Morgan fingerprint density at radius 3 is 2.71 bits per heavy atom. The van der Waals surface area contributed by atoms with Crippen molar-refractivity contribution in [3.8, 4) is 5.75 Å². The number of nitrogens with zero attached hydrogens (tertiary/aromatic N) is 1. The summed E-state index contributed by atoms with van der Waals surface area (Å²) in [5, 5.41) is 3.04. The van der Waals surface area contributed by atoms with Gasteiger partial charge in [-0.3, -0.25) is 9.59 Å². The predicted molar refractivity (Wildman–Crippen MR) is 108 cm³/mol. The molecule has 2 fully saturated rings. The highest BCUT2D eigenvalue weighted by atomic mass is 16.5. The Hall–Kier alpha value is -2.04. The van der Waals surface area contributed by atoms with Gasteiger partial charge < -0.3 is 15.0 Å². The standard InChI is InChI=1S/C23H32N2O3/c26-22(24-20-8-9-20)11-6-18-5-10-21-19(15-18)16-25(13-14-28-21)23(27)12-7-17-3-1-2-4-17/h5,10,15,17,20H,1-4,6-9,11-14,16H2,(H,24,26). The van der Waals surface area contributed by atoms with Crippen LogP contribution in [0.2, 0.25) is 0 Å². The van der Waals surface area contributed by atoms with Crippen LogP contribution in [0.1, 0.15) is 68.9 Å². The van der Waals surface area contributed by atoms with Gasteiger partial charge in [0, 0.05) is 31.0 Å². The first-order valence-corrected chi connectivity index (χ1v) is 11.0. The van der Waals surface area contributed by atoms with Crippen molar-refractivity contribution in [3.05, 3.63) is 29.3 Å². The molecule has 2 amide bonds. The zero-order chi connectivity index (χ0) is 19.3. The monoisotopic (exact) mass is 384 g/mol. The summed E-state index contributed by atoms with van der Waals surface area (Å²) >= 11 is 0. The minimum atomic E-state index is 0.136. The van der Waals surface area contributed by atoms with Crippen molar-refractivity contribution >= 4 is 11.8 Å². The summed E-state index contributed by atoms with van der Waals surface area (Å²) in [6.07, 6.45) is 10.4. The van der Waals surface area contributed by atoms with Gasteiger partial charge in [-0.15, -0.1) is 0 Å². The minimum Gasteiger partial charge on any atom is -0.491 e. The molecule has 1 heterocycles. The maximum Gasteiger partial charge on any atom is 0.222 e. The molecular weight excluding hydrogens is 352 g/mol. The van der Waals surface area contributed by atoms with Crippen LogP contribution >= 0.6 is 0 Å². The molecule has 2 saturated carbocycles. The van der Waals surface area contributed by atoms with E-state index in [9.17, 15) is 9.59 Å². The van der Waals surface area contributed by atoms with E-state index < -0.39 is 0 Å². The van der Waals surface area contributed by atoms with Crippen LogP contribution in [0.5, 0.6) is 5.75 Å². The van der Waals surface area contributed by atoms with E-state index in [4.69, 9.17) is 4.74 Å². The Morgan fingerprint density at radius 2 is 1.93 bits per heavy atom. The second-order valence-corrected chi connectivity index (χ2v) is 8.64. The summed E-state index contributed by atoms with van der Waals surface area (Å²) in [5.41, 5.74) is 2.19. The van der Waals surface area contributed by atoms with Crippen molar-refractivity contribution < 1.29 is 14.3 Å². The third kappa shape index (κ3) is 5.27. The smallest absolute Gasteiger partial charge is 0.222 e. The number of aryl methyl sites for hydroxylation is 1. The maximum atomic E-state index is 12.7. The molecule has 3 aliphatic rings. The third-order valence-electron chi connectivity index (χ3n) is 6.28. The molecule has 1 aromatic rings. The van der Waals surface area contributed by atoms with Gasteiger partial charge in [-0.1, -0.05) is 37.8 Å². The molecule has 0 atom stereocenters. The van der Waals surface area contributed by atoms with Gasteiger partial charge in [0.2, 0.25) is 11.8 Å². The Kier molecular flexibility index (Phi) is 6.18. The number of carbonyl (C=O) groups is 2. The van der Waals surface area contributed by atoms with Crippen LogP contribution in [0.3, 0.4) is 0 Å². The number of hydrogen-bond donors (Lipinski definition) is 1. The first-order chi connectivity index (χ1) is 13.7. The second kappa shape index (κ2) is 8.97. The largest absolute Gasteiger partial charge is 0.491 e. The van der Waals surface area contributed by atoms with Crippen molar-refractivity contribution in [2.45, 2.75) is 76.8 Å². The Labute approximate surface area is 167 Å². The van der Waals surface area contributed by atoms with Crippen LogP contribution in [0.25, 0.3) is 0 Å². The van der Waals surface area contributed by atoms with Gasteiger partial charge in [-0.2, -0.15) is 0 Å². The van der Waals surface area contributed by atoms with Crippen LogP contribution in [0.15, 0.2) is 18.2 Å². The molecule has 4 rings (SSSR count). The van der Waals surface area contributed by atoms with Gasteiger partial charge in [0.25, 0.3) is 0 Å². The molecule has 2 aliphatic carbocycles. The molecule has 0 unspecified atom stereocenters. The first-order valence-electron chi connectivity index (χ1n) is 11.0. The molecule has 152 valence electrons. The quantitative estimate of drug-likeness (QED) is 0.782. The molecule has 1 aliphatic heterocycles. The van der Waals surface area contributed by atoms with Crippen LogP contribution in [0.4, 0.5) is 0 Å². The highest BCUT2D eigenvalue weighted by molar-refractivity contribution is 5.77. The van der Waals surface area contributed by atoms with E-state index in [0.29, 0.717) is 38.6 Å². The number of amides is 2. The summed E-state index contributed by atoms with van der Waals surface area (Å²) < 4.78 is 5.88. The SMILES string of the molecule is O=C(CCc1ccc2c(c1)CN(C(=O)CCC1CCCC1)CCO2)NC1CC1. The first kappa shape index (κ1) is 19.3. The molecule has 0 radical (unpaired) electrons. The van der Waals surface area contributed by atoms with E-state index in [2.05, 4.69) is 11.4 Å². The molecular formula is C23H32N2O3. The molecule has 28 heavy (non-hydrogen) atoms. The second-order valence-electron chi connectivity index (χ2n) is 8.64. The average Bonchev–Trinajstić information content (AvgIpc) is 3.40. The molecule has 0 saturated heterocycles. The lowest BCUT2D eigenvalue weighted by Gasteiger charge is -2.21. The zero-order valence-electron chi connectivity index (χ0n) is 16.8. The van der Waals surface area contributed by atoms with E-state index >= 15 is 0 Å². The van der Waals surface area contributed by atoms with E-state index in [1.165, 1.54) is 25.7 Å². The fraction of sp³-hybridized carbons (Fsp3) is 0.652. The highest BCUT2D eigenvalue weighted by Crippen LogP contribution is 2.30. The van der Waals surface area contributed by atoms with Crippen LogP contribution in [0, 0.1) is 5.92 Å². The summed E-state index contributed by atoms with van der Waals surface area (Å²) in [6, 6.07) is 6.57. The summed E-state index contributed by atoms with van der Waals surface area (Å²) in [5.74, 6) is 2.00. The summed E-state index contributed by atoms with van der Waals surface area (Å²) in [6.45, 7) is 1.81. The van der Waals surface area contributed by atoms with Crippen molar-refractivity contribution in [2.24, 2.45) is 5.92 Å². The number of nitrogens with one attached hydrogen (secondary N) is 1. The molecule has 0 bridgehead atoms. The van der Waals surface area contributed by atoms with Gasteiger partial charge in [0.15, 0.2) is 0 Å². The normalized spacial score (nSPS) is 19.6. The zero-order valence-corrected chi connectivity index (χ0v) is 16.8. The molecule has 5 nitrogen and oxygen atoms in total. The average molecular weight is 385 g/mol. The van der Waals surface area contributed by atoms with Crippen LogP contribution in [-0.4, -0.2) is 35.9 Å². The van der Waals surface area contributed by atoms with E-state index in [-0.39, 0.29) is 11.8 Å². The number of rotatable bonds is 7. The fourth-order valence-electron chi connectivity index (χ4n) is 4.39. The number of ether oxygens (including phenoxy) is 1. The number of benzene rings is 1. The molecule has 5 heteroatoms. The lowest BCUT2D eigenvalue weighted by Crippen LogP contribution is -2.32. The van der Waals surface area contributed by atoms with Crippen molar-refractivity contribution in [3.63, 3.8) is 0 Å². The predicted octanol–water partition coefficient (Wildman–Crippen LogP) is 3.59. The lowest BCUT2D eigenvalue weighted by molar-refractivity contribution is -0.132. The van der Waals surface area contributed by atoms with Crippen molar-refractivity contribution in [2.75, 3.05) is 13.2 Å². The van der Waals surface area contributed by atoms with E-state index in [0.717, 1.165) is 48.5 Å². The van der Waals surface area contributed by atoms with Gasteiger partial charge in [-0.05, 0) is 43.2 Å². The fourth-order valence-corrected chi connectivity index (χ4v) is 4.39. The van der Waals surface area contributed by atoms with Gasteiger partial charge >= 0.3 is 0 Å². The Bertz CT molecular complexity index is 708. The Morgan fingerprint density at radius 1 is 1.11 bits per heavy atom. The molecule has 1 N–H and O–H groups in total.